The van der Waals surface area contributed by atoms with E-state index < -0.39 is 62.3 Å². The predicted octanol–water partition coefficient (Wildman–Crippen LogP) is 3.06. The van der Waals surface area contributed by atoms with Crippen LogP contribution in [0, 0.1) is 5.92 Å². The van der Waals surface area contributed by atoms with Gasteiger partial charge in [0, 0.05) is 5.56 Å². The Morgan fingerprint density at radius 2 is 1.07 bits per heavy atom. The Bertz CT molecular complexity index is 1320. The highest BCUT2D eigenvalue weighted by atomic mass is 31.2. The third-order valence-corrected chi connectivity index (χ3v) is 9.28. The first kappa shape index (κ1) is 35.6. The molecular formula is C33H42N3O8P. The summed E-state index contributed by atoms with van der Waals surface area (Å²) in [4.78, 5) is 41.5. The fourth-order valence-corrected chi connectivity index (χ4v) is 6.84. The van der Waals surface area contributed by atoms with E-state index in [2.05, 4.69) is 16.0 Å². The van der Waals surface area contributed by atoms with Crippen molar-refractivity contribution in [2.24, 2.45) is 5.92 Å². The Morgan fingerprint density at radius 1 is 0.667 bits per heavy atom. The first-order valence-corrected chi connectivity index (χ1v) is 16.5. The summed E-state index contributed by atoms with van der Waals surface area (Å²) in [5.41, 5.74) is 1.84. The molecule has 3 aromatic rings. The second-order valence-electron chi connectivity index (χ2n) is 10.3. The summed E-state index contributed by atoms with van der Waals surface area (Å²) in [6.07, 6.45) is 0.473. The normalized spacial score (nSPS) is 13.4. The van der Waals surface area contributed by atoms with Crippen molar-refractivity contribution in [3.05, 3.63) is 108 Å². The van der Waals surface area contributed by atoms with Gasteiger partial charge in [-0.3, -0.25) is 18.9 Å². The molecule has 0 spiro atoms. The number of amides is 3. The minimum Gasteiger partial charge on any atom is -0.394 e. The van der Waals surface area contributed by atoms with E-state index in [1.165, 1.54) is 12.1 Å². The minimum atomic E-state index is -4.38. The van der Waals surface area contributed by atoms with Crippen LogP contribution in [0.2, 0.25) is 0 Å². The molecule has 0 bridgehead atoms. The monoisotopic (exact) mass is 639 g/mol. The molecule has 0 fully saturated rings. The third kappa shape index (κ3) is 10.6. The summed E-state index contributed by atoms with van der Waals surface area (Å²) in [5.74, 6) is -6.17. The van der Waals surface area contributed by atoms with Gasteiger partial charge in [-0.15, -0.1) is 0 Å². The van der Waals surface area contributed by atoms with Gasteiger partial charge in [0.1, 0.15) is 5.92 Å². The van der Waals surface area contributed by atoms with Gasteiger partial charge in [-0.2, -0.15) is 0 Å². The van der Waals surface area contributed by atoms with Crippen LogP contribution in [0.15, 0.2) is 91.0 Å². The highest BCUT2D eigenvalue weighted by Crippen LogP contribution is 2.54. The van der Waals surface area contributed by atoms with Gasteiger partial charge in [0.05, 0.1) is 38.5 Å². The zero-order valence-corrected chi connectivity index (χ0v) is 26.4. The number of carbonyl (C=O) groups excluding carboxylic acids is 3. The Hall–Kier alpha value is -3.86. The highest BCUT2D eigenvalue weighted by molar-refractivity contribution is 7.54. The quantitative estimate of drug-likeness (QED) is 0.105. The van der Waals surface area contributed by atoms with E-state index in [1.807, 2.05) is 60.7 Å². The predicted molar refractivity (Wildman–Crippen MR) is 170 cm³/mol. The van der Waals surface area contributed by atoms with Crippen molar-refractivity contribution in [1.82, 2.24) is 16.0 Å². The SMILES string of the molecule is CCOP(=O)(OCC)C(NC(=O)c1ccccc1)C(C(=O)N[C@H](CO)Cc1ccccc1)C(=O)N[C@H](CO)Cc1ccccc1. The van der Waals surface area contributed by atoms with Gasteiger partial charge >= 0.3 is 7.60 Å². The maximum atomic E-state index is 14.3. The maximum Gasteiger partial charge on any atom is 0.354 e. The maximum absolute atomic E-state index is 14.3. The number of hydrogen-bond donors (Lipinski definition) is 5. The molecule has 0 saturated carbocycles. The van der Waals surface area contributed by atoms with Crippen molar-refractivity contribution >= 4 is 25.3 Å². The molecule has 11 nitrogen and oxygen atoms in total. The summed E-state index contributed by atoms with van der Waals surface area (Å²) in [7, 11) is -4.38. The molecule has 3 rings (SSSR count). The lowest BCUT2D eigenvalue weighted by atomic mass is 10.0. The second kappa shape index (κ2) is 18.2. The van der Waals surface area contributed by atoms with Gasteiger partial charge < -0.3 is 35.2 Å². The fraction of sp³-hybridized carbons (Fsp3) is 0.364. The molecule has 45 heavy (non-hydrogen) atoms. The van der Waals surface area contributed by atoms with Crippen molar-refractivity contribution in [3.63, 3.8) is 0 Å². The minimum absolute atomic E-state index is 0.106. The van der Waals surface area contributed by atoms with Crippen LogP contribution in [0.3, 0.4) is 0 Å². The number of nitrogens with one attached hydrogen (secondary N) is 3. The lowest BCUT2D eigenvalue weighted by Crippen LogP contribution is -2.57. The number of aliphatic hydroxyl groups excluding tert-OH is 2. The zero-order chi connectivity index (χ0) is 32.7. The van der Waals surface area contributed by atoms with Crippen molar-refractivity contribution in [2.45, 2.75) is 44.6 Å². The van der Waals surface area contributed by atoms with Gasteiger partial charge in [0.25, 0.3) is 5.91 Å². The second-order valence-corrected chi connectivity index (χ2v) is 12.4. The summed E-state index contributed by atoms with van der Waals surface area (Å²) < 4.78 is 25.4. The van der Waals surface area contributed by atoms with Crippen LogP contribution < -0.4 is 16.0 Å². The van der Waals surface area contributed by atoms with Gasteiger partial charge in [-0.25, -0.2) is 0 Å². The lowest BCUT2D eigenvalue weighted by molar-refractivity contribution is -0.137. The summed E-state index contributed by atoms with van der Waals surface area (Å²) in [6.45, 7) is 2.01. The zero-order valence-electron chi connectivity index (χ0n) is 25.5. The molecule has 0 radical (unpaired) electrons. The Morgan fingerprint density at radius 3 is 1.44 bits per heavy atom. The third-order valence-electron chi connectivity index (χ3n) is 6.94. The molecule has 5 N–H and O–H groups in total. The van der Waals surface area contributed by atoms with E-state index in [4.69, 9.17) is 9.05 Å². The number of rotatable bonds is 18. The van der Waals surface area contributed by atoms with E-state index in [9.17, 15) is 29.2 Å². The van der Waals surface area contributed by atoms with Crippen molar-refractivity contribution in [2.75, 3.05) is 26.4 Å². The fourth-order valence-electron chi connectivity index (χ4n) is 4.82. The van der Waals surface area contributed by atoms with Crippen molar-refractivity contribution in [1.29, 1.82) is 0 Å². The number of hydrogen-bond acceptors (Lipinski definition) is 8. The Balaban J connectivity index is 2.03. The molecule has 0 heterocycles. The van der Waals surface area contributed by atoms with E-state index in [0.29, 0.717) is 0 Å². The number of aliphatic hydroxyl groups is 2. The molecular weight excluding hydrogens is 597 g/mol. The molecule has 3 amide bonds. The molecule has 0 saturated heterocycles. The first-order valence-electron chi connectivity index (χ1n) is 14.9. The van der Waals surface area contributed by atoms with E-state index in [-0.39, 0.29) is 31.6 Å². The smallest absolute Gasteiger partial charge is 0.354 e. The van der Waals surface area contributed by atoms with Gasteiger partial charge in [0.2, 0.25) is 11.8 Å². The van der Waals surface area contributed by atoms with Crippen LogP contribution >= 0.6 is 7.60 Å². The average molecular weight is 640 g/mol. The Labute approximate surface area is 263 Å². The van der Waals surface area contributed by atoms with Crippen LogP contribution in [0.1, 0.15) is 35.3 Å². The van der Waals surface area contributed by atoms with E-state index in [0.717, 1.165) is 11.1 Å². The number of benzene rings is 3. The van der Waals surface area contributed by atoms with Crippen molar-refractivity contribution < 1.29 is 38.2 Å². The van der Waals surface area contributed by atoms with E-state index >= 15 is 0 Å². The average Bonchev–Trinajstić information content (AvgIpc) is 3.05. The summed E-state index contributed by atoms with van der Waals surface area (Å²) in [5, 5.41) is 28.3. The molecule has 242 valence electrons. The van der Waals surface area contributed by atoms with Gasteiger partial charge in [-0.1, -0.05) is 78.9 Å². The highest BCUT2D eigenvalue weighted by Gasteiger charge is 2.49. The van der Waals surface area contributed by atoms with Crippen LogP contribution in [0.4, 0.5) is 0 Å². The van der Waals surface area contributed by atoms with E-state index in [1.54, 1.807) is 32.0 Å². The molecule has 0 aliphatic heterocycles. The van der Waals surface area contributed by atoms with Gasteiger partial charge in [0.15, 0.2) is 5.78 Å². The summed E-state index contributed by atoms with van der Waals surface area (Å²) >= 11 is 0. The van der Waals surface area contributed by atoms with Crippen LogP contribution in [0.5, 0.6) is 0 Å². The number of carbonyl (C=O) groups is 3. The molecule has 0 aliphatic carbocycles. The van der Waals surface area contributed by atoms with Crippen LogP contribution in [-0.2, 0) is 36.0 Å². The van der Waals surface area contributed by atoms with Gasteiger partial charge in [-0.05, 0) is 49.9 Å². The molecule has 0 aliphatic rings. The molecule has 1 unspecified atom stereocenters. The topological polar surface area (TPSA) is 163 Å². The lowest BCUT2D eigenvalue weighted by Gasteiger charge is -2.33. The Kier molecular flexibility index (Phi) is 14.4. The molecule has 3 aromatic carbocycles. The summed E-state index contributed by atoms with van der Waals surface area (Å²) in [6, 6.07) is 24.7. The largest absolute Gasteiger partial charge is 0.394 e. The molecule has 3 atom stereocenters. The van der Waals surface area contributed by atoms with Crippen LogP contribution in [0.25, 0.3) is 0 Å². The molecule has 0 aromatic heterocycles. The van der Waals surface area contributed by atoms with Crippen LogP contribution in [-0.4, -0.2) is 72.2 Å². The molecule has 12 heteroatoms. The first-order chi connectivity index (χ1) is 21.7. The standard InChI is InChI=1S/C33H42N3O8P/c1-3-43-45(42,44-4-2)33(36-30(39)26-18-12-7-13-19-26)29(31(40)34-27(22-37)20-24-14-8-5-9-15-24)32(41)35-28(23-38)21-25-16-10-6-11-17-25/h5-19,27-29,33,37-38H,3-4,20-23H2,1-2H3,(H,34,40)(H,35,41)(H,36,39)/t27-,28-,33?/m0/s1. The van der Waals surface area contributed by atoms with Crippen molar-refractivity contribution in [3.8, 4) is 0 Å².